The standard InChI is InChI=1S/C10H12O2/c1-12-10(11)7-6-8-4-2-3-5-9(8)10/h2-5,11H,6-7H2,1H3. The van der Waals surface area contributed by atoms with Gasteiger partial charge >= 0.3 is 0 Å². The van der Waals surface area contributed by atoms with Gasteiger partial charge in [-0.1, -0.05) is 24.3 Å². The van der Waals surface area contributed by atoms with Gasteiger partial charge in [0.15, 0.2) is 5.79 Å². The summed E-state index contributed by atoms with van der Waals surface area (Å²) in [7, 11) is 1.54. The molecule has 0 radical (unpaired) electrons. The van der Waals surface area contributed by atoms with Crippen molar-refractivity contribution in [1.29, 1.82) is 0 Å². The van der Waals surface area contributed by atoms with Gasteiger partial charge in [0.05, 0.1) is 0 Å². The topological polar surface area (TPSA) is 29.5 Å². The molecule has 0 aliphatic heterocycles. The first-order chi connectivity index (χ1) is 5.76. The van der Waals surface area contributed by atoms with E-state index in [0.717, 1.165) is 12.0 Å². The Balaban J connectivity index is 2.49. The fraction of sp³-hybridized carbons (Fsp3) is 0.400. The second-order valence-corrected chi connectivity index (χ2v) is 3.15. The number of ether oxygens (including phenoxy) is 1. The third kappa shape index (κ3) is 0.958. The van der Waals surface area contributed by atoms with Gasteiger partial charge in [-0.15, -0.1) is 0 Å². The number of rotatable bonds is 1. The van der Waals surface area contributed by atoms with Crippen molar-refractivity contribution in [3.63, 3.8) is 0 Å². The molecule has 1 atom stereocenters. The Bertz CT molecular complexity index is 296. The molecule has 2 nitrogen and oxygen atoms in total. The van der Waals surface area contributed by atoms with Crippen LogP contribution in [0.1, 0.15) is 17.5 Å². The van der Waals surface area contributed by atoms with Gasteiger partial charge in [0, 0.05) is 19.1 Å². The molecule has 1 aliphatic carbocycles. The number of fused-ring (bicyclic) bond motifs is 1. The average molecular weight is 164 g/mol. The van der Waals surface area contributed by atoms with Crippen molar-refractivity contribution in [3.8, 4) is 0 Å². The number of methoxy groups -OCH3 is 1. The van der Waals surface area contributed by atoms with Crippen LogP contribution in [0.4, 0.5) is 0 Å². The van der Waals surface area contributed by atoms with Crippen LogP contribution in [-0.4, -0.2) is 12.2 Å². The number of aryl methyl sites for hydroxylation is 1. The van der Waals surface area contributed by atoms with Crippen LogP contribution in [0.15, 0.2) is 24.3 Å². The minimum Gasteiger partial charge on any atom is -0.362 e. The zero-order valence-electron chi connectivity index (χ0n) is 7.08. The minimum atomic E-state index is -1.03. The van der Waals surface area contributed by atoms with Crippen LogP contribution in [0, 0.1) is 0 Å². The molecule has 12 heavy (non-hydrogen) atoms. The van der Waals surface area contributed by atoms with Crippen LogP contribution >= 0.6 is 0 Å². The molecule has 0 fully saturated rings. The Morgan fingerprint density at radius 3 is 2.92 bits per heavy atom. The molecule has 0 bridgehead atoms. The summed E-state index contributed by atoms with van der Waals surface area (Å²) in [4.78, 5) is 0. The summed E-state index contributed by atoms with van der Waals surface area (Å²) in [6, 6.07) is 7.87. The molecular weight excluding hydrogens is 152 g/mol. The summed E-state index contributed by atoms with van der Waals surface area (Å²) < 4.78 is 5.08. The lowest BCUT2D eigenvalue weighted by molar-refractivity contribution is -0.191. The lowest BCUT2D eigenvalue weighted by Gasteiger charge is -2.21. The van der Waals surface area contributed by atoms with E-state index in [0.29, 0.717) is 6.42 Å². The van der Waals surface area contributed by atoms with Gasteiger partial charge in [0.25, 0.3) is 0 Å². The van der Waals surface area contributed by atoms with Crippen molar-refractivity contribution in [2.75, 3.05) is 7.11 Å². The van der Waals surface area contributed by atoms with E-state index in [9.17, 15) is 5.11 Å². The molecule has 2 heteroatoms. The van der Waals surface area contributed by atoms with Crippen LogP contribution in [0.5, 0.6) is 0 Å². The number of benzene rings is 1. The zero-order chi connectivity index (χ0) is 8.60. The summed E-state index contributed by atoms with van der Waals surface area (Å²) >= 11 is 0. The third-order valence-electron chi connectivity index (χ3n) is 2.51. The molecule has 0 saturated carbocycles. The van der Waals surface area contributed by atoms with Crippen molar-refractivity contribution in [1.82, 2.24) is 0 Å². The molecule has 0 spiro atoms. The van der Waals surface area contributed by atoms with Crippen LogP contribution in [0.3, 0.4) is 0 Å². The molecule has 0 heterocycles. The van der Waals surface area contributed by atoms with Gasteiger partial charge < -0.3 is 9.84 Å². The summed E-state index contributed by atoms with van der Waals surface area (Å²) in [5, 5.41) is 9.93. The molecule has 0 saturated heterocycles. The second kappa shape index (κ2) is 2.57. The lowest BCUT2D eigenvalue weighted by Crippen LogP contribution is -2.24. The molecule has 1 N–H and O–H groups in total. The summed E-state index contributed by atoms with van der Waals surface area (Å²) in [6.45, 7) is 0. The summed E-state index contributed by atoms with van der Waals surface area (Å²) in [5.41, 5.74) is 2.12. The van der Waals surface area contributed by atoms with Gasteiger partial charge in [-0.05, 0) is 12.0 Å². The molecule has 0 aromatic heterocycles. The Labute approximate surface area is 71.8 Å². The first-order valence-electron chi connectivity index (χ1n) is 4.12. The summed E-state index contributed by atoms with van der Waals surface area (Å²) in [5.74, 6) is -1.03. The quantitative estimate of drug-likeness (QED) is 0.636. The minimum absolute atomic E-state index is 0.669. The van der Waals surface area contributed by atoms with Gasteiger partial charge in [-0.3, -0.25) is 0 Å². The van der Waals surface area contributed by atoms with E-state index in [4.69, 9.17) is 4.74 Å². The second-order valence-electron chi connectivity index (χ2n) is 3.15. The van der Waals surface area contributed by atoms with Crippen LogP contribution < -0.4 is 0 Å². The average Bonchev–Trinajstić information content (AvgIpc) is 2.46. The molecule has 64 valence electrons. The van der Waals surface area contributed by atoms with Crippen LogP contribution in [0.25, 0.3) is 0 Å². The lowest BCUT2D eigenvalue weighted by atomic mass is 10.1. The monoisotopic (exact) mass is 164 g/mol. The molecule has 1 aliphatic rings. The summed E-state index contributed by atoms with van der Waals surface area (Å²) in [6.07, 6.45) is 1.57. The predicted octanol–water partition coefficient (Wildman–Crippen LogP) is 1.42. The maximum Gasteiger partial charge on any atom is 0.192 e. The van der Waals surface area contributed by atoms with Crippen molar-refractivity contribution in [2.24, 2.45) is 0 Å². The van der Waals surface area contributed by atoms with E-state index in [-0.39, 0.29) is 0 Å². The highest BCUT2D eigenvalue weighted by molar-refractivity contribution is 5.35. The van der Waals surface area contributed by atoms with E-state index in [2.05, 4.69) is 0 Å². The zero-order valence-corrected chi connectivity index (χ0v) is 7.08. The highest BCUT2D eigenvalue weighted by Gasteiger charge is 2.36. The van der Waals surface area contributed by atoms with Crippen molar-refractivity contribution >= 4 is 0 Å². The van der Waals surface area contributed by atoms with E-state index in [1.165, 1.54) is 5.56 Å². The number of aliphatic hydroxyl groups is 1. The van der Waals surface area contributed by atoms with Gasteiger partial charge in [-0.2, -0.15) is 0 Å². The SMILES string of the molecule is COC1(O)CCc2ccccc21. The van der Waals surface area contributed by atoms with E-state index in [1.807, 2.05) is 24.3 Å². The fourth-order valence-electron chi connectivity index (χ4n) is 1.77. The normalized spacial score (nSPS) is 27.2. The highest BCUT2D eigenvalue weighted by Crippen LogP contribution is 2.36. The largest absolute Gasteiger partial charge is 0.362 e. The van der Waals surface area contributed by atoms with Gasteiger partial charge in [0.1, 0.15) is 0 Å². The van der Waals surface area contributed by atoms with Crippen LogP contribution in [0.2, 0.25) is 0 Å². The van der Waals surface area contributed by atoms with Gasteiger partial charge in [-0.25, -0.2) is 0 Å². The van der Waals surface area contributed by atoms with E-state index in [1.54, 1.807) is 7.11 Å². The Kier molecular flexibility index (Phi) is 1.67. The van der Waals surface area contributed by atoms with Crippen molar-refractivity contribution < 1.29 is 9.84 Å². The Hall–Kier alpha value is -0.860. The first-order valence-corrected chi connectivity index (χ1v) is 4.12. The third-order valence-corrected chi connectivity index (χ3v) is 2.51. The highest BCUT2D eigenvalue weighted by atomic mass is 16.6. The predicted molar refractivity (Wildman–Crippen MR) is 45.7 cm³/mol. The molecule has 1 unspecified atom stereocenters. The molecule has 2 rings (SSSR count). The Morgan fingerprint density at radius 2 is 2.17 bits per heavy atom. The number of hydrogen-bond donors (Lipinski definition) is 1. The smallest absolute Gasteiger partial charge is 0.192 e. The molecule has 1 aromatic rings. The molecular formula is C10H12O2. The van der Waals surface area contributed by atoms with E-state index >= 15 is 0 Å². The van der Waals surface area contributed by atoms with Crippen LogP contribution in [-0.2, 0) is 16.9 Å². The Morgan fingerprint density at radius 1 is 1.42 bits per heavy atom. The maximum atomic E-state index is 9.93. The first kappa shape index (κ1) is 7.77. The maximum absolute atomic E-state index is 9.93. The molecule has 0 amide bonds. The van der Waals surface area contributed by atoms with Crippen molar-refractivity contribution in [2.45, 2.75) is 18.6 Å². The fourth-order valence-corrected chi connectivity index (χ4v) is 1.77. The van der Waals surface area contributed by atoms with Crippen molar-refractivity contribution in [3.05, 3.63) is 35.4 Å². The van der Waals surface area contributed by atoms with Gasteiger partial charge in [0.2, 0.25) is 0 Å². The molecule has 1 aromatic carbocycles. The number of hydrogen-bond acceptors (Lipinski definition) is 2. The van der Waals surface area contributed by atoms with E-state index < -0.39 is 5.79 Å².